The Hall–Kier alpha value is -2.16. The predicted octanol–water partition coefficient (Wildman–Crippen LogP) is 4.78. The van der Waals surface area contributed by atoms with Crippen LogP contribution in [0.4, 0.5) is 5.69 Å². The van der Waals surface area contributed by atoms with E-state index < -0.39 is 0 Å². The van der Waals surface area contributed by atoms with E-state index >= 15 is 0 Å². The number of carbonyl (C=O) groups is 1. The van der Waals surface area contributed by atoms with E-state index in [1.54, 1.807) is 12.1 Å². The van der Waals surface area contributed by atoms with E-state index in [-0.39, 0.29) is 11.0 Å². The first-order valence-corrected chi connectivity index (χ1v) is 10.6. The number of para-hydroxylation sites is 2. The fourth-order valence-corrected chi connectivity index (χ4v) is 2.96. The van der Waals surface area contributed by atoms with Crippen molar-refractivity contribution in [3.05, 3.63) is 52.5 Å². The van der Waals surface area contributed by atoms with Crippen LogP contribution in [0.2, 0.25) is 0 Å². The van der Waals surface area contributed by atoms with Gasteiger partial charge in [0.2, 0.25) is 0 Å². The largest absolute Gasteiger partial charge is 0.493 e. The molecule has 2 aromatic rings. The Morgan fingerprint density at radius 1 is 1.03 bits per heavy atom. The number of benzene rings is 2. The average Bonchev–Trinajstić information content (AvgIpc) is 2.71. The van der Waals surface area contributed by atoms with Gasteiger partial charge in [-0.2, -0.15) is 0 Å². The molecule has 0 atom stereocenters. The third kappa shape index (κ3) is 7.64. The van der Waals surface area contributed by atoms with Crippen LogP contribution in [0.15, 0.2) is 46.9 Å². The van der Waals surface area contributed by atoms with Gasteiger partial charge in [-0.25, -0.2) is 0 Å². The Morgan fingerprint density at radius 3 is 2.55 bits per heavy atom. The van der Waals surface area contributed by atoms with Gasteiger partial charge in [0.1, 0.15) is 18.1 Å². The molecule has 0 unspecified atom stereocenters. The van der Waals surface area contributed by atoms with Crippen LogP contribution in [0.25, 0.3) is 0 Å². The summed E-state index contributed by atoms with van der Waals surface area (Å²) >= 11 is 8.70. The molecule has 0 aliphatic rings. The number of hydrogen-bond donors (Lipinski definition) is 2. The summed E-state index contributed by atoms with van der Waals surface area (Å²) in [6, 6.07) is 12.6. The molecule has 0 saturated carbocycles. The molecule has 0 radical (unpaired) electrons. The van der Waals surface area contributed by atoms with Gasteiger partial charge in [-0.15, -0.1) is 0 Å². The van der Waals surface area contributed by atoms with Crippen LogP contribution in [0.1, 0.15) is 30.6 Å². The first-order chi connectivity index (χ1) is 14.0. The first kappa shape index (κ1) is 23.1. The number of rotatable bonds is 10. The van der Waals surface area contributed by atoms with E-state index in [0.29, 0.717) is 49.2 Å². The van der Waals surface area contributed by atoms with Crippen molar-refractivity contribution in [2.45, 2.75) is 20.3 Å². The normalized spacial score (nSPS) is 10.3. The van der Waals surface area contributed by atoms with Gasteiger partial charge >= 0.3 is 0 Å². The monoisotopic (exact) mass is 480 g/mol. The summed E-state index contributed by atoms with van der Waals surface area (Å²) in [5.74, 6) is 0.776. The van der Waals surface area contributed by atoms with Crippen LogP contribution in [-0.2, 0) is 4.74 Å². The van der Waals surface area contributed by atoms with E-state index in [0.717, 1.165) is 10.9 Å². The minimum absolute atomic E-state index is 0.164. The molecule has 0 spiro atoms. The van der Waals surface area contributed by atoms with E-state index in [1.807, 2.05) is 44.2 Å². The van der Waals surface area contributed by atoms with Crippen LogP contribution >= 0.6 is 28.1 Å². The molecule has 6 nitrogen and oxygen atoms in total. The highest BCUT2D eigenvalue weighted by atomic mass is 79.9. The zero-order valence-electron chi connectivity index (χ0n) is 16.5. The maximum Gasteiger partial charge on any atom is 0.261 e. The van der Waals surface area contributed by atoms with Gasteiger partial charge in [-0.05, 0) is 55.9 Å². The number of carbonyl (C=O) groups excluding carboxylic acids is 1. The maximum absolute atomic E-state index is 12.7. The number of anilines is 1. The van der Waals surface area contributed by atoms with E-state index in [2.05, 4.69) is 26.6 Å². The molecule has 0 fully saturated rings. The average molecular weight is 481 g/mol. The second-order valence-electron chi connectivity index (χ2n) is 5.94. The SMILES string of the molecule is CCCOc1ccc(Br)cc1C(=O)NC(=S)Nc1ccccc1OCCOCC. The molecular formula is C21H25BrN2O4S. The lowest BCUT2D eigenvalue weighted by molar-refractivity contribution is 0.0973. The highest BCUT2D eigenvalue weighted by Crippen LogP contribution is 2.25. The molecule has 0 saturated heterocycles. The van der Waals surface area contributed by atoms with Crippen LogP contribution < -0.4 is 20.1 Å². The molecule has 2 aromatic carbocycles. The van der Waals surface area contributed by atoms with Gasteiger partial charge in [0.05, 0.1) is 24.5 Å². The van der Waals surface area contributed by atoms with E-state index in [1.165, 1.54) is 0 Å². The van der Waals surface area contributed by atoms with Crippen molar-refractivity contribution in [1.82, 2.24) is 5.32 Å². The van der Waals surface area contributed by atoms with Crippen LogP contribution in [-0.4, -0.2) is 37.4 Å². The lowest BCUT2D eigenvalue weighted by Gasteiger charge is -2.15. The number of halogens is 1. The second kappa shape index (κ2) is 12.4. The quantitative estimate of drug-likeness (QED) is 0.376. The third-order valence-electron chi connectivity index (χ3n) is 3.70. The molecule has 2 N–H and O–H groups in total. The summed E-state index contributed by atoms with van der Waals surface area (Å²) in [5, 5.41) is 5.87. The summed E-state index contributed by atoms with van der Waals surface area (Å²) < 4.78 is 17.5. The van der Waals surface area contributed by atoms with Gasteiger partial charge in [0, 0.05) is 11.1 Å². The van der Waals surface area contributed by atoms with Gasteiger partial charge in [0.15, 0.2) is 5.11 Å². The van der Waals surface area contributed by atoms with Gasteiger partial charge in [0.25, 0.3) is 5.91 Å². The molecule has 2 rings (SSSR count). The van der Waals surface area contributed by atoms with Crippen LogP contribution in [0.3, 0.4) is 0 Å². The standard InChI is InChI=1S/C21H25BrN2O4S/c1-3-11-27-18-10-9-15(22)14-16(18)20(25)24-21(29)23-17-7-5-6-8-19(17)28-13-12-26-4-2/h5-10,14H,3-4,11-13H2,1-2H3,(H2,23,24,25,29). The number of hydrogen-bond acceptors (Lipinski definition) is 5. The van der Waals surface area contributed by atoms with Crippen LogP contribution in [0.5, 0.6) is 11.5 Å². The number of ether oxygens (including phenoxy) is 3. The van der Waals surface area contributed by atoms with E-state index in [9.17, 15) is 4.79 Å². The highest BCUT2D eigenvalue weighted by Gasteiger charge is 2.15. The maximum atomic E-state index is 12.7. The summed E-state index contributed by atoms with van der Waals surface area (Å²) in [6.45, 7) is 6.01. The van der Waals surface area contributed by atoms with Crippen molar-refractivity contribution in [1.29, 1.82) is 0 Å². The van der Waals surface area contributed by atoms with Crippen molar-refractivity contribution in [2.24, 2.45) is 0 Å². The molecule has 0 bridgehead atoms. The highest BCUT2D eigenvalue weighted by molar-refractivity contribution is 9.10. The molecule has 0 aromatic heterocycles. The van der Waals surface area contributed by atoms with Gasteiger partial charge in [-0.1, -0.05) is 35.0 Å². The Balaban J connectivity index is 2.03. The number of nitrogens with one attached hydrogen (secondary N) is 2. The minimum Gasteiger partial charge on any atom is -0.493 e. The lowest BCUT2D eigenvalue weighted by atomic mass is 10.2. The Bertz CT molecular complexity index is 832. The number of thiocarbonyl (C=S) groups is 1. The van der Waals surface area contributed by atoms with Gasteiger partial charge < -0.3 is 19.5 Å². The zero-order valence-corrected chi connectivity index (χ0v) is 18.9. The van der Waals surface area contributed by atoms with E-state index in [4.69, 9.17) is 26.4 Å². The summed E-state index contributed by atoms with van der Waals surface area (Å²) in [5.41, 5.74) is 1.06. The Kier molecular flexibility index (Phi) is 9.90. The van der Waals surface area contributed by atoms with Gasteiger partial charge in [-0.3, -0.25) is 10.1 Å². The van der Waals surface area contributed by atoms with Crippen molar-refractivity contribution in [3.63, 3.8) is 0 Å². The fourth-order valence-electron chi connectivity index (χ4n) is 2.39. The molecule has 0 aliphatic carbocycles. The minimum atomic E-state index is -0.357. The lowest BCUT2D eigenvalue weighted by Crippen LogP contribution is -2.34. The number of amides is 1. The first-order valence-electron chi connectivity index (χ1n) is 9.39. The molecule has 0 heterocycles. The third-order valence-corrected chi connectivity index (χ3v) is 4.40. The summed E-state index contributed by atoms with van der Waals surface area (Å²) in [6.07, 6.45) is 0.844. The fraction of sp³-hybridized carbons (Fsp3) is 0.333. The Labute approximate surface area is 185 Å². The van der Waals surface area contributed by atoms with Crippen LogP contribution in [0, 0.1) is 0 Å². The smallest absolute Gasteiger partial charge is 0.261 e. The topological polar surface area (TPSA) is 68.8 Å². The second-order valence-corrected chi connectivity index (χ2v) is 7.26. The zero-order chi connectivity index (χ0) is 21.1. The summed E-state index contributed by atoms with van der Waals surface area (Å²) in [7, 11) is 0. The molecule has 156 valence electrons. The predicted molar refractivity (Wildman–Crippen MR) is 122 cm³/mol. The molecule has 29 heavy (non-hydrogen) atoms. The molecule has 0 aliphatic heterocycles. The molecule has 8 heteroatoms. The summed E-state index contributed by atoms with van der Waals surface area (Å²) in [4.78, 5) is 12.7. The molecule has 1 amide bonds. The Morgan fingerprint density at radius 2 is 1.79 bits per heavy atom. The van der Waals surface area contributed by atoms with Crippen molar-refractivity contribution >= 4 is 44.9 Å². The molecular weight excluding hydrogens is 456 g/mol. The van der Waals surface area contributed by atoms with Crippen molar-refractivity contribution in [2.75, 3.05) is 31.7 Å². The van der Waals surface area contributed by atoms with Crippen molar-refractivity contribution < 1.29 is 19.0 Å². The van der Waals surface area contributed by atoms with Crippen molar-refractivity contribution in [3.8, 4) is 11.5 Å².